The van der Waals surface area contributed by atoms with Gasteiger partial charge in [-0.1, -0.05) is 11.6 Å². The molecule has 0 saturated carbocycles. The zero-order valence-corrected chi connectivity index (χ0v) is 10.8. The average Bonchev–Trinajstić information content (AvgIpc) is 2.41. The molecule has 0 saturated heterocycles. The molecule has 2 aromatic rings. The van der Waals surface area contributed by atoms with Crippen LogP contribution in [0.1, 0.15) is 10.4 Å². The van der Waals surface area contributed by atoms with E-state index in [4.69, 9.17) is 21.1 Å². The van der Waals surface area contributed by atoms with Crippen LogP contribution < -0.4 is 9.47 Å². The highest BCUT2D eigenvalue weighted by Gasteiger charge is 2.15. The van der Waals surface area contributed by atoms with Crippen molar-refractivity contribution < 1.29 is 18.7 Å². The van der Waals surface area contributed by atoms with E-state index < -0.39 is 11.8 Å². The Morgan fingerprint density at radius 2 is 1.84 bits per heavy atom. The van der Waals surface area contributed by atoms with Crippen molar-refractivity contribution >= 4 is 17.6 Å². The van der Waals surface area contributed by atoms with Crippen LogP contribution in [-0.4, -0.2) is 13.1 Å². The van der Waals surface area contributed by atoms with E-state index in [0.717, 1.165) is 6.07 Å². The summed E-state index contributed by atoms with van der Waals surface area (Å²) in [5, 5.41) is 0.531. The molecule has 0 atom stereocenters. The minimum absolute atomic E-state index is 0.0254. The highest BCUT2D eigenvalue weighted by atomic mass is 35.5. The van der Waals surface area contributed by atoms with E-state index >= 15 is 0 Å². The summed E-state index contributed by atoms with van der Waals surface area (Å²) in [7, 11) is 1.40. The highest BCUT2D eigenvalue weighted by Crippen LogP contribution is 2.22. The lowest BCUT2D eigenvalue weighted by Crippen LogP contribution is -2.10. The van der Waals surface area contributed by atoms with E-state index in [-0.39, 0.29) is 11.3 Å². The summed E-state index contributed by atoms with van der Waals surface area (Å²) in [5.74, 6) is -0.663. The van der Waals surface area contributed by atoms with E-state index in [1.807, 2.05) is 0 Å². The molecular weight excluding hydrogens is 271 g/mol. The first-order valence-corrected chi connectivity index (χ1v) is 5.79. The Balaban J connectivity index is 2.24. The van der Waals surface area contributed by atoms with Gasteiger partial charge in [0.05, 0.1) is 7.11 Å². The zero-order valence-electron chi connectivity index (χ0n) is 10.0. The molecule has 0 amide bonds. The van der Waals surface area contributed by atoms with Crippen molar-refractivity contribution in [3.63, 3.8) is 0 Å². The fourth-order valence-corrected chi connectivity index (χ4v) is 1.63. The fourth-order valence-electron chi connectivity index (χ4n) is 1.50. The molecule has 3 nitrogen and oxygen atoms in total. The van der Waals surface area contributed by atoms with Crippen LogP contribution in [0.5, 0.6) is 11.5 Å². The normalized spacial score (nSPS) is 10.1. The van der Waals surface area contributed by atoms with E-state index in [1.54, 1.807) is 24.3 Å². The number of halogens is 2. The molecule has 0 bridgehead atoms. The molecule has 5 heteroatoms. The van der Waals surface area contributed by atoms with Gasteiger partial charge < -0.3 is 9.47 Å². The van der Waals surface area contributed by atoms with Crippen LogP contribution >= 0.6 is 11.6 Å². The smallest absolute Gasteiger partial charge is 0.347 e. The minimum atomic E-state index is -0.696. The van der Waals surface area contributed by atoms with Crippen LogP contribution in [0, 0.1) is 5.82 Å². The third kappa shape index (κ3) is 3.23. The second-order valence-electron chi connectivity index (χ2n) is 3.69. The van der Waals surface area contributed by atoms with Crippen molar-refractivity contribution in [2.75, 3.05) is 7.11 Å². The molecule has 0 heterocycles. The molecule has 0 aromatic heterocycles. The Bertz CT molecular complexity index is 596. The maximum absolute atomic E-state index is 13.2. The van der Waals surface area contributed by atoms with Gasteiger partial charge in [-0.05, 0) is 42.5 Å². The highest BCUT2D eigenvalue weighted by molar-refractivity contribution is 6.30. The Morgan fingerprint density at radius 3 is 2.47 bits per heavy atom. The Hall–Kier alpha value is -2.07. The van der Waals surface area contributed by atoms with Gasteiger partial charge >= 0.3 is 5.97 Å². The number of benzene rings is 2. The lowest BCUT2D eigenvalue weighted by atomic mass is 10.2. The summed E-state index contributed by atoms with van der Waals surface area (Å²) in [5.41, 5.74) is 0.0254. The summed E-state index contributed by atoms with van der Waals surface area (Å²) in [6.07, 6.45) is 0. The number of carbonyl (C=O) groups is 1. The van der Waals surface area contributed by atoms with Crippen LogP contribution in [0.2, 0.25) is 5.02 Å². The number of hydrogen-bond acceptors (Lipinski definition) is 3. The third-order valence-electron chi connectivity index (χ3n) is 2.41. The second-order valence-corrected chi connectivity index (χ2v) is 4.12. The summed E-state index contributed by atoms with van der Waals surface area (Å²) in [6, 6.07) is 9.92. The van der Waals surface area contributed by atoms with Gasteiger partial charge in [0, 0.05) is 5.02 Å². The van der Waals surface area contributed by atoms with E-state index in [9.17, 15) is 9.18 Å². The van der Waals surface area contributed by atoms with Crippen LogP contribution in [0.25, 0.3) is 0 Å². The molecule has 0 spiro atoms. The van der Waals surface area contributed by atoms with Crippen LogP contribution in [0.4, 0.5) is 4.39 Å². The van der Waals surface area contributed by atoms with Gasteiger partial charge in [0.15, 0.2) is 0 Å². The van der Waals surface area contributed by atoms with Crippen molar-refractivity contribution in [1.82, 2.24) is 0 Å². The molecule has 19 heavy (non-hydrogen) atoms. The van der Waals surface area contributed by atoms with Crippen molar-refractivity contribution in [3.05, 3.63) is 58.9 Å². The molecule has 0 fully saturated rings. The van der Waals surface area contributed by atoms with Gasteiger partial charge in [-0.2, -0.15) is 0 Å². The monoisotopic (exact) mass is 280 g/mol. The van der Waals surface area contributed by atoms with E-state index in [1.165, 1.54) is 19.2 Å². The molecule has 0 aliphatic carbocycles. The summed E-state index contributed by atoms with van der Waals surface area (Å²) < 4.78 is 23.3. The first kappa shape index (κ1) is 13.4. The summed E-state index contributed by atoms with van der Waals surface area (Å²) in [6.45, 7) is 0. The number of hydrogen-bond donors (Lipinski definition) is 0. The van der Waals surface area contributed by atoms with Gasteiger partial charge in [-0.3, -0.25) is 0 Å². The number of methoxy groups -OCH3 is 1. The quantitative estimate of drug-likeness (QED) is 0.635. The number of esters is 1. The number of carbonyl (C=O) groups excluding carboxylic acids is 1. The maximum atomic E-state index is 13.2. The second kappa shape index (κ2) is 5.71. The molecule has 0 N–H and O–H groups in total. The molecule has 0 radical (unpaired) electrons. The predicted octanol–water partition coefficient (Wildman–Crippen LogP) is 3.71. The standard InChI is InChI=1S/C14H10ClFO3/c1-18-13-7-4-10(16)8-12(13)14(17)19-11-5-2-9(15)3-6-11/h2-8H,1H3. The van der Waals surface area contributed by atoms with Crippen molar-refractivity contribution in [2.24, 2.45) is 0 Å². The lowest BCUT2D eigenvalue weighted by Gasteiger charge is -2.08. The fraction of sp³-hybridized carbons (Fsp3) is 0.0714. The van der Waals surface area contributed by atoms with Gasteiger partial charge in [-0.25, -0.2) is 9.18 Å². The first-order valence-electron chi connectivity index (χ1n) is 5.41. The third-order valence-corrected chi connectivity index (χ3v) is 2.66. The van der Waals surface area contributed by atoms with Crippen molar-refractivity contribution in [1.29, 1.82) is 0 Å². The van der Waals surface area contributed by atoms with Gasteiger partial charge in [0.25, 0.3) is 0 Å². The molecule has 98 valence electrons. The minimum Gasteiger partial charge on any atom is -0.496 e. The first-order chi connectivity index (χ1) is 9.10. The SMILES string of the molecule is COc1ccc(F)cc1C(=O)Oc1ccc(Cl)cc1. The maximum Gasteiger partial charge on any atom is 0.347 e. The zero-order chi connectivity index (χ0) is 13.8. The van der Waals surface area contributed by atoms with Crippen molar-refractivity contribution in [3.8, 4) is 11.5 Å². The molecule has 2 rings (SSSR count). The van der Waals surface area contributed by atoms with Gasteiger partial charge in [-0.15, -0.1) is 0 Å². The Morgan fingerprint density at radius 1 is 1.16 bits per heavy atom. The van der Waals surface area contributed by atoms with Crippen molar-refractivity contribution in [2.45, 2.75) is 0 Å². The number of ether oxygens (including phenoxy) is 2. The topological polar surface area (TPSA) is 35.5 Å². The lowest BCUT2D eigenvalue weighted by molar-refractivity contribution is 0.0730. The Kier molecular flexibility index (Phi) is 4.02. The van der Waals surface area contributed by atoms with Crippen LogP contribution in [0.3, 0.4) is 0 Å². The average molecular weight is 281 g/mol. The van der Waals surface area contributed by atoms with Crippen LogP contribution in [-0.2, 0) is 0 Å². The molecule has 2 aromatic carbocycles. The predicted molar refractivity (Wildman–Crippen MR) is 69.4 cm³/mol. The summed E-state index contributed by atoms with van der Waals surface area (Å²) in [4.78, 5) is 11.9. The van der Waals surface area contributed by atoms with Gasteiger partial charge in [0.1, 0.15) is 22.9 Å². The molecule has 0 aliphatic rings. The van der Waals surface area contributed by atoms with E-state index in [0.29, 0.717) is 10.8 Å². The Labute approximate surface area is 114 Å². The molecule has 0 unspecified atom stereocenters. The largest absolute Gasteiger partial charge is 0.496 e. The van der Waals surface area contributed by atoms with E-state index in [2.05, 4.69) is 0 Å². The molecule has 0 aliphatic heterocycles. The van der Waals surface area contributed by atoms with Crippen LogP contribution in [0.15, 0.2) is 42.5 Å². The molecular formula is C14H10ClFO3. The van der Waals surface area contributed by atoms with Gasteiger partial charge in [0.2, 0.25) is 0 Å². The summed E-state index contributed by atoms with van der Waals surface area (Å²) >= 11 is 5.72. The number of rotatable bonds is 3.